The highest BCUT2D eigenvalue weighted by atomic mass is 16.5. The van der Waals surface area contributed by atoms with Crippen LogP contribution < -0.4 is 9.64 Å². The molecule has 1 aromatic heterocycles. The third-order valence-electron chi connectivity index (χ3n) is 16.3. The first kappa shape index (κ1) is 41.6. The number of benzene rings is 11. The Balaban J connectivity index is 0.944. The van der Waals surface area contributed by atoms with Crippen molar-refractivity contribution in [2.45, 2.75) is 24.7 Å². The van der Waals surface area contributed by atoms with Gasteiger partial charge in [0.05, 0.1) is 16.4 Å². The second-order valence-electron chi connectivity index (χ2n) is 20.4. The molecular weight excluding hydrogens is 885 g/mol. The number of fused-ring (bicyclic) bond motifs is 15. The molecule has 2 aliphatic carbocycles. The van der Waals surface area contributed by atoms with Gasteiger partial charge in [-0.05, 0) is 152 Å². The summed E-state index contributed by atoms with van der Waals surface area (Å²) in [5, 5.41) is 2.46. The van der Waals surface area contributed by atoms with Crippen LogP contribution in [-0.2, 0) is 10.8 Å². The van der Waals surface area contributed by atoms with Crippen LogP contribution in [0.15, 0.2) is 255 Å². The number of rotatable bonds is 6. The van der Waals surface area contributed by atoms with Crippen molar-refractivity contribution >= 4 is 38.9 Å². The van der Waals surface area contributed by atoms with Crippen LogP contribution in [0.3, 0.4) is 0 Å². The summed E-state index contributed by atoms with van der Waals surface area (Å²) in [6.07, 6.45) is 0. The summed E-state index contributed by atoms with van der Waals surface area (Å²) >= 11 is 0. The average Bonchev–Trinajstić information content (AvgIpc) is 4.03. The second-order valence-corrected chi connectivity index (χ2v) is 20.4. The lowest BCUT2D eigenvalue weighted by molar-refractivity contribution is 0.436. The van der Waals surface area contributed by atoms with Crippen LogP contribution in [0.1, 0.15) is 47.2 Å². The lowest BCUT2D eigenvalue weighted by atomic mass is 9.65. The maximum absolute atomic E-state index is 7.18. The van der Waals surface area contributed by atoms with Crippen LogP contribution in [-0.4, -0.2) is 4.57 Å². The van der Waals surface area contributed by atoms with Crippen molar-refractivity contribution in [3.63, 3.8) is 0 Å². The van der Waals surface area contributed by atoms with Crippen LogP contribution in [0.25, 0.3) is 72.0 Å². The van der Waals surface area contributed by atoms with Gasteiger partial charge in [-0.15, -0.1) is 0 Å². The van der Waals surface area contributed by atoms with Crippen molar-refractivity contribution in [1.29, 1.82) is 0 Å². The SMILES string of the molecule is CC1(C)c2ccccc2-c2ccc(N(c3ccc(-c4ccccc4)cc3)c3ccc4c(c3)C3(c5cc(-c6ccc7c(c6)c6ccccc6n7-c6ccccc6)ccc5O4)c4ccccc4-c4ccccc43)cc21. The largest absolute Gasteiger partial charge is 0.457 e. The molecule has 11 aromatic carbocycles. The fourth-order valence-corrected chi connectivity index (χ4v) is 12.9. The number of para-hydroxylation sites is 2. The van der Waals surface area contributed by atoms with E-state index >= 15 is 0 Å². The summed E-state index contributed by atoms with van der Waals surface area (Å²) in [6, 6.07) is 93.9. The molecule has 0 atom stereocenters. The molecule has 1 aliphatic heterocycles. The monoisotopic (exact) mass is 932 g/mol. The summed E-state index contributed by atoms with van der Waals surface area (Å²) in [5.41, 5.74) is 23.2. The molecule has 0 amide bonds. The topological polar surface area (TPSA) is 17.4 Å². The van der Waals surface area contributed by atoms with Crippen molar-refractivity contribution in [1.82, 2.24) is 4.57 Å². The van der Waals surface area contributed by atoms with Gasteiger partial charge in [-0.1, -0.05) is 184 Å². The Hall–Kier alpha value is -9.18. The molecule has 0 saturated heterocycles. The van der Waals surface area contributed by atoms with E-state index in [1.54, 1.807) is 0 Å². The highest BCUT2D eigenvalue weighted by Crippen LogP contribution is 2.63. The van der Waals surface area contributed by atoms with Crippen molar-refractivity contribution in [2.75, 3.05) is 4.90 Å². The smallest absolute Gasteiger partial charge is 0.132 e. The molecule has 1 spiro atoms. The van der Waals surface area contributed by atoms with E-state index in [9.17, 15) is 0 Å². The van der Waals surface area contributed by atoms with Gasteiger partial charge in [-0.2, -0.15) is 0 Å². The molecule has 0 fully saturated rings. The van der Waals surface area contributed by atoms with Gasteiger partial charge in [-0.3, -0.25) is 0 Å². The van der Waals surface area contributed by atoms with Gasteiger partial charge in [0.25, 0.3) is 0 Å². The van der Waals surface area contributed by atoms with E-state index in [-0.39, 0.29) is 5.41 Å². The third kappa shape index (κ3) is 6.00. The van der Waals surface area contributed by atoms with Gasteiger partial charge >= 0.3 is 0 Å². The van der Waals surface area contributed by atoms with E-state index in [2.05, 4.69) is 278 Å². The molecule has 12 aromatic rings. The number of hydrogen-bond donors (Lipinski definition) is 0. The van der Waals surface area contributed by atoms with E-state index < -0.39 is 5.41 Å². The Morgan fingerprint density at radius 2 is 0.808 bits per heavy atom. The molecule has 73 heavy (non-hydrogen) atoms. The van der Waals surface area contributed by atoms with E-state index in [1.807, 2.05) is 0 Å². The zero-order valence-electron chi connectivity index (χ0n) is 40.6. The third-order valence-corrected chi connectivity index (χ3v) is 16.3. The highest BCUT2D eigenvalue weighted by molar-refractivity contribution is 6.10. The van der Waals surface area contributed by atoms with Crippen molar-refractivity contribution in [3.8, 4) is 61.7 Å². The summed E-state index contributed by atoms with van der Waals surface area (Å²) in [4.78, 5) is 2.45. The predicted molar refractivity (Wildman–Crippen MR) is 301 cm³/mol. The molecule has 2 heterocycles. The van der Waals surface area contributed by atoms with Gasteiger partial charge < -0.3 is 14.2 Å². The Morgan fingerprint density at radius 1 is 0.329 bits per heavy atom. The molecule has 0 unspecified atom stereocenters. The first-order chi connectivity index (χ1) is 35.9. The molecule has 15 rings (SSSR count). The van der Waals surface area contributed by atoms with Gasteiger partial charge in [0.1, 0.15) is 11.5 Å². The minimum Gasteiger partial charge on any atom is -0.457 e. The van der Waals surface area contributed by atoms with Crippen molar-refractivity contribution < 1.29 is 4.74 Å². The first-order valence-corrected chi connectivity index (χ1v) is 25.4. The van der Waals surface area contributed by atoms with Crippen LogP contribution >= 0.6 is 0 Å². The van der Waals surface area contributed by atoms with Crippen LogP contribution in [0.2, 0.25) is 0 Å². The number of anilines is 3. The summed E-state index contributed by atoms with van der Waals surface area (Å²) in [6.45, 7) is 4.73. The lowest BCUT2D eigenvalue weighted by Crippen LogP contribution is -2.32. The number of nitrogens with zero attached hydrogens (tertiary/aromatic N) is 2. The Kier molecular flexibility index (Phi) is 8.92. The van der Waals surface area contributed by atoms with Crippen molar-refractivity contribution in [3.05, 3.63) is 288 Å². The zero-order chi connectivity index (χ0) is 48.4. The molecule has 3 heteroatoms. The highest BCUT2D eigenvalue weighted by Gasteiger charge is 2.51. The van der Waals surface area contributed by atoms with Gasteiger partial charge in [-0.25, -0.2) is 0 Å². The van der Waals surface area contributed by atoms with E-state index in [1.165, 1.54) is 77.4 Å². The summed E-state index contributed by atoms with van der Waals surface area (Å²) < 4.78 is 9.56. The van der Waals surface area contributed by atoms with E-state index in [0.717, 1.165) is 56.5 Å². The molecule has 3 aliphatic rings. The van der Waals surface area contributed by atoms with Crippen LogP contribution in [0, 0.1) is 0 Å². The molecule has 0 radical (unpaired) electrons. The van der Waals surface area contributed by atoms with Gasteiger partial charge in [0, 0.05) is 50.1 Å². The minimum absolute atomic E-state index is 0.166. The van der Waals surface area contributed by atoms with E-state index in [4.69, 9.17) is 4.74 Å². The molecule has 0 bridgehead atoms. The number of aromatic nitrogens is 1. The second kappa shape index (κ2) is 15.7. The Labute approximate surface area is 425 Å². The summed E-state index contributed by atoms with van der Waals surface area (Å²) in [5.74, 6) is 1.72. The lowest BCUT2D eigenvalue weighted by Gasteiger charge is -2.40. The Bertz CT molecular complexity index is 4160. The van der Waals surface area contributed by atoms with Crippen LogP contribution in [0.4, 0.5) is 17.1 Å². The first-order valence-electron chi connectivity index (χ1n) is 25.4. The summed E-state index contributed by atoms with van der Waals surface area (Å²) in [7, 11) is 0. The molecule has 3 nitrogen and oxygen atoms in total. The quantitative estimate of drug-likeness (QED) is 0.165. The van der Waals surface area contributed by atoms with Gasteiger partial charge in [0.2, 0.25) is 0 Å². The number of ether oxygens (including phenoxy) is 1. The average molecular weight is 933 g/mol. The van der Waals surface area contributed by atoms with Crippen molar-refractivity contribution in [2.24, 2.45) is 0 Å². The fraction of sp³-hybridized carbons (Fsp3) is 0.0571. The fourth-order valence-electron chi connectivity index (χ4n) is 12.9. The standard InChI is InChI=1S/C70H48N2O/c1-69(2)59-25-13-9-21-53(59)56-37-35-51(43-62(56)69)71(50-33-29-46(30-34-50)45-17-5-3-6-18-45)52-36-40-68-64(44-52)70(60-26-14-10-22-54(60)55-23-11-15-27-61(55)70)63-42-48(32-39-67(63)73-68)47-31-38-66-58(41-47)57-24-12-16-28-65(57)72(66)49-19-7-4-8-20-49/h3-44H,1-2H3. The number of hydrogen-bond acceptors (Lipinski definition) is 2. The minimum atomic E-state index is -0.694. The zero-order valence-corrected chi connectivity index (χ0v) is 40.6. The molecular formula is C70H48N2O. The molecule has 344 valence electrons. The van der Waals surface area contributed by atoms with Crippen LogP contribution in [0.5, 0.6) is 11.5 Å². The molecule has 0 N–H and O–H groups in total. The normalized spacial score (nSPS) is 13.9. The van der Waals surface area contributed by atoms with Gasteiger partial charge in [0.15, 0.2) is 0 Å². The molecule has 0 saturated carbocycles. The predicted octanol–water partition coefficient (Wildman–Crippen LogP) is 18.4. The maximum atomic E-state index is 7.18. The van der Waals surface area contributed by atoms with E-state index in [0.29, 0.717) is 0 Å². The Morgan fingerprint density at radius 3 is 1.53 bits per heavy atom. The maximum Gasteiger partial charge on any atom is 0.132 e.